The van der Waals surface area contributed by atoms with Crippen LogP contribution in [0.5, 0.6) is 11.5 Å². The first-order chi connectivity index (χ1) is 10.2. The standard InChI is InChI=1S/C15H18N2O4/c18-14(17-11-3-4-11)9-16-15(19)10-2-5-12-13(8-10)21-7-1-6-20-12/h2,5,8,11H,1,3-4,6-7,9H2,(H,16,19)(H,17,18). The highest BCUT2D eigenvalue weighted by Crippen LogP contribution is 2.30. The van der Waals surface area contributed by atoms with Crippen molar-refractivity contribution in [3.63, 3.8) is 0 Å². The summed E-state index contributed by atoms with van der Waals surface area (Å²) in [6.45, 7) is 1.17. The van der Waals surface area contributed by atoms with Gasteiger partial charge in [-0.05, 0) is 31.0 Å². The highest BCUT2D eigenvalue weighted by Gasteiger charge is 2.23. The number of carbonyl (C=O) groups is 2. The van der Waals surface area contributed by atoms with Gasteiger partial charge in [0.05, 0.1) is 19.8 Å². The Morgan fingerprint density at radius 1 is 1.14 bits per heavy atom. The van der Waals surface area contributed by atoms with Crippen LogP contribution in [0.1, 0.15) is 29.6 Å². The van der Waals surface area contributed by atoms with Crippen LogP contribution < -0.4 is 20.1 Å². The maximum atomic E-state index is 12.0. The van der Waals surface area contributed by atoms with E-state index in [4.69, 9.17) is 9.47 Å². The molecule has 0 unspecified atom stereocenters. The summed E-state index contributed by atoms with van der Waals surface area (Å²) in [4.78, 5) is 23.6. The van der Waals surface area contributed by atoms with Gasteiger partial charge < -0.3 is 20.1 Å². The van der Waals surface area contributed by atoms with Gasteiger partial charge in [0.1, 0.15) is 0 Å². The van der Waals surface area contributed by atoms with E-state index in [0.717, 1.165) is 19.3 Å². The molecule has 1 aliphatic carbocycles. The van der Waals surface area contributed by atoms with E-state index in [2.05, 4.69) is 10.6 Å². The van der Waals surface area contributed by atoms with Crippen molar-refractivity contribution in [3.05, 3.63) is 23.8 Å². The molecule has 1 heterocycles. The summed E-state index contributed by atoms with van der Waals surface area (Å²) < 4.78 is 11.1. The van der Waals surface area contributed by atoms with Crippen LogP contribution in [0.3, 0.4) is 0 Å². The van der Waals surface area contributed by atoms with Crippen molar-refractivity contribution in [1.29, 1.82) is 0 Å². The van der Waals surface area contributed by atoms with Gasteiger partial charge in [0.2, 0.25) is 5.91 Å². The molecule has 6 heteroatoms. The molecule has 21 heavy (non-hydrogen) atoms. The van der Waals surface area contributed by atoms with Crippen LogP contribution in [-0.4, -0.2) is 37.6 Å². The first kappa shape index (κ1) is 13.7. The molecule has 0 saturated heterocycles. The third kappa shape index (κ3) is 3.65. The van der Waals surface area contributed by atoms with E-state index in [-0.39, 0.29) is 18.4 Å². The minimum absolute atomic E-state index is 0.0101. The van der Waals surface area contributed by atoms with Crippen LogP contribution >= 0.6 is 0 Å². The molecule has 0 bridgehead atoms. The average molecular weight is 290 g/mol. The van der Waals surface area contributed by atoms with Gasteiger partial charge in [-0.15, -0.1) is 0 Å². The zero-order valence-electron chi connectivity index (χ0n) is 11.7. The Morgan fingerprint density at radius 2 is 1.90 bits per heavy atom. The van der Waals surface area contributed by atoms with Crippen molar-refractivity contribution < 1.29 is 19.1 Å². The van der Waals surface area contributed by atoms with Crippen LogP contribution in [0.15, 0.2) is 18.2 Å². The molecule has 2 N–H and O–H groups in total. The molecule has 1 saturated carbocycles. The fraction of sp³-hybridized carbons (Fsp3) is 0.467. The predicted molar refractivity (Wildman–Crippen MR) is 75.5 cm³/mol. The van der Waals surface area contributed by atoms with Gasteiger partial charge in [-0.2, -0.15) is 0 Å². The van der Waals surface area contributed by atoms with Crippen molar-refractivity contribution in [2.24, 2.45) is 0 Å². The Morgan fingerprint density at radius 3 is 2.67 bits per heavy atom. The van der Waals surface area contributed by atoms with E-state index in [1.165, 1.54) is 0 Å². The Labute approximate surface area is 122 Å². The molecule has 1 fully saturated rings. The van der Waals surface area contributed by atoms with Crippen molar-refractivity contribution in [1.82, 2.24) is 10.6 Å². The fourth-order valence-corrected chi connectivity index (χ4v) is 2.07. The second-order valence-electron chi connectivity index (χ2n) is 5.24. The third-order valence-electron chi connectivity index (χ3n) is 3.36. The van der Waals surface area contributed by atoms with Gasteiger partial charge in [0.25, 0.3) is 5.91 Å². The van der Waals surface area contributed by atoms with Gasteiger partial charge in [0.15, 0.2) is 11.5 Å². The summed E-state index contributed by atoms with van der Waals surface area (Å²) in [5, 5.41) is 5.43. The molecule has 0 aromatic heterocycles. The number of ether oxygens (including phenoxy) is 2. The summed E-state index contributed by atoms with van der Waals surface area (Å²) >= 11 is 0. The van der Waals surface area contributed by atoms with Gasteiger partial charge in [0, 0.05) is 18.0 Å². The number of benzene rings is 1. The maximum Gasteiger partial charge on any atom is 0.251 e. The van der Waals surface area contributed by atoms with E-state index in [1.807, 2.05) is 0 Å². The molecular weight excluding hydrogens is 272 g/mol. The molecule has 2 aliphatic rings. The number of nitrogens with one attached hydrogen (secondary N) is 2. The van der Waals surface area contributed by atoms with Gasteiger partial charge >= 0.3 is 0 Å². The summed E-state index contributed by atoms with van der Waals surface area (Å²) in [6.07, 6.45) is 2.88. The molecule has 1 aliphatic heterocycles. The van der Waals surface area contributed by atoms with E-state index in [0.29, 0.717) is 36.3 Å². The number of fused-ring (bicyclic) bond motifs is 1. The minimum Gasteiger partial charge on any atom is -0.490 e. The highest BCUT2D eigenvalue weighted by atomic mass is 16.5. The summed E-state index contributed by atoms with van der Waals surface area (Å²) in [7, 11) is 0. The molecule has 6 nitrogen and oxygen atoms in total. The van der Waals surface area contributed by atoms with E-state index in [9.17, 15) is 9.59 Å². The van der Waals surface area contributed by atoms with Gasteiger partial charge in [-0.1, -0.05) is 0 Å². The second-order valence-corrected chi connectivity index (χ2v) is 5.24. The molecule has 1 aromatic carbocycles. The SMILES string of the molecule is O=C(CNC(=O)c1ccc2c(c1)OCCCO2)NC1CC1. The highest BCUT2D eigenvalue weighted by molar-refractivity contribution is 5.97. The summed E-state index contributed by atoms with van der Waals surface area (Å²) in [6, 6.07) is 5.34. The molecule has 112 valence electrons. The Bertz CT molecular complexity index is 555. The first-order valence-electron chi connectivity index (χ1n) is 7.19. The fourth-order valence-electron chi connectivity index (χ4n) is 2.07. The number of rotatable bonds is 4. The molecule has 0 spiro atoms. The minimum atomic E-state index is -0.295. The Balaban J connectivity index is 1.58. The third-order valence-corrected chi connectivity index (χ3v) is 3.36. The Hall–Kier alpha value is -2.24. The van der Waals surface area contributed by atoms with Crippen LogP contribution in [0.2, 0.25) is 0 Å². The zero-order chi connectivity index (χ0) is 14.7. The normalized spacial score (nSPS) is 16.8. The predicted octanol–water partition coefficient (Wildman–Crippen LogP) is 0.856. The molecule has 2 amide bonds. The lowest BCUT2D eigenvalue weighted by Gasteiger charge is -2.10. The maximum absolute atomic E-state index is 12.0. The van der Waals surface area contributed by atoms with Crippen molar-refractivity contribution in [2.75, 3.05) is 19.8 Å². The van der Waals surface area contributed by atoms with Gasteiger partial charge in [-0.3, -0.25) is 9.59 Å². The molecular formula is C15H18N2O4. The quantitative estimate of drug-likeness (QED) is 0.862. The van der Waals surface area contributed by atoms with E-state index >= 15 is 0 Å². The number of hydrogen-bond acceptors (Lipinski definition) is 4. The first-order valence-corrected chi connectivity index (χ1v) is 7.19. The van der Waals surface area contributed by atoms with Crippen molar-refractivity contribution >= 4 is 11.8 Å². The molecule has 0 radical (unpaired) electrons. The molecule has 0 atom stereocenters. The number of amides is 2. The average Bonchev–Trinajstić information content (AvgIpc) is 3.30. The van der Waals surface area contributed by atoms with Crippen LogP contribution in [0.25, 0.3) is 0 Å². The smallest absolute Gasteiger partial charge is 0.251 e. The topological polar surface area (TPSA) is 76.7 Å². The van der Waals surface area contributed by atoms with Crippen LogP contribution in [-0.2, 0) is 4.79 Å². The van der Waals surface area contributed by atoms with Crippen molar-refractivity contribution in [2.45, 2.75) is 25.3 Å². The molecule has 1 aromatic rings. The molecule has 3 rings (SSSR count). The number of carbonyl (C=O) groups excluding carboxylic acids is 2. The number of hydrogen-bond donors (Lipinski definition) is 2. The zero-order valence-corrected chi connectivity index (χ0v) is 11.7. The largest absolute Gasteiger partial charge is 0.490 e. The van der Waals surface area contributed by atoms with Crippen LogP contribution in [0, 0.1) is 0 Å². The van der Waals surface area contributed by atoms with Crippen molar-refractivity contribution in [3.8, 4) is 11.5 Å². The lowest BCUT2D eigenvalue weighted by atomic mass is 10.2. The lowest BCUT2D eigenvalue weighted by molar-refractivity contribution is -0.120. The van der Waals surface area contributed by atoms with E-state index < -0.39 is 0 Å². The lowest BCUT2D eigenvalue weighted by Crippen LogP contribution is -2.37. The summed E-state index contributed by atoms with van der Waals surface area (Å²) in [5.41, 5.74) is 0.457. The monoisotopic (exact) mass is 290 g/mol. The Kier molecular flexibility index (Phi) is 3.94. The van der Waals surface area contributed by atoms with Crippen LogP contribution in [0.4, 0.5) is 0 Å². The summed E-state index contributed by atoms with van der Waals surface area (Å²) in [5.74, 6) is 0.773. The second kappa shape index (κ2) is 6.03. The van der Waals surface area contributed by atoms with Gasteiger partial charge in [-0.25, -0.2) is 0 Å². The van der Waals surface area contributed by atoms with E-state index in [1.54, 1.807) is 18.2 Å².